The highest BCUT2D eigenvalue weighted by atomic mass is 16.5. The van der Waals surface area contributed by atoms with Gasteiger partial charge in [0.1, 0.15) is 24.0 Å². The van der Waals surface area contributed by atoms with Crippen LogP contribution in [-0.4, -0.2) is 5.91 Å². The van der Waals surface area contributed by atoms with Gasteiger partial charge in [0.05, 0.1) is 0 Å². The first-order valence-electron chi connectivity index (χ1n) is 10.7. The standard InChI is InChI=1S/C29H24N2O2/c1-20-11-14-27(15-21(20)2)31-29(32)26(18-30)17-25-9-5-6-10-28(25)33-19-22-12-13-23-7-3-4-8-24(23)16-22/h3-17H,19H2,1-2H3,(H,31,32)/b26-17+. The molecule has 0 unspecified atom stereocenters. The number of fused-ring (bicyclic) bond motifs is 1. The maximum atomic E-state index is 12.7. The van der Waals surface area contributed by atoms with Gasteiger partial charge in [0.2, 0.25) is 0 Å². The molecule has 0 bridgehead atoms. The lowest BCUT2D eigenvalue weighted by Crippen LogP contribution is -2.13. The number of ether oxygens (including phenoxy) is 1. The quantitative estimate of drug-likeness (QED) is 0.276. The average Bonchev–Trinajstić information content (AvgIpc) is 2.84. The number of nitriles is 1. The van der Waals surface area contributed by atoms with Crippen LogP contribution in [0.2, 0.25) is 0 Å². The minimum atomic E-state index is -0.454. The number of benzene rings is 4. The summed E-state index contributed by atoms with van der Waals surface area (Å²) in [5, 5.41) is 14.8. The van der Waals surface area contributed by atoms with Gasteiger partial charge in [0.25, 0.3) is 5.91 Å². The Balaban J connectivity index is 1.52. The van der Waals surface area contributed by atoms with E-state index in [1.165, 1.54) is 5.39 Å². The number of nitrogens with zero attached hydrogens (tertiary/aromatic N) is 1. The summed E-state index contributed by atoms with van der Waals surface area (Å²) in [6.45, 7) is 4.37. The highest BCUT2D eigenvalue weighted by molar-refractivity contribution is 6.09. The number of hydrogen-bond donors (Lipinski definition) is 1. The zero-order valence-corrected chi connectivity index (χ0v) is 18.6. The minimum absolute atomic E-state index is 0.00924. The van der Waals surface area contributed by atoms with Crippen LogP contribution in [0.3, 0.4) is 0 Å². The zero-order valence-electron chi connectivity index (χ0n) is 18.6. The van der Waals surface area contributed by atoms with Crippen molar-refractivity contribution in [3.8, 4) is 11.8 Å². The van der Waals surface area contributed by atoms with Gasteiger partial charge in [-0.2, -0.15) is 5.26 Å². The Bertz CT molecular complexity index is 1400. The van der Waals surface area contributed by atoms with Crippen molar-refractivity contribution in [3.05, 3.63) is 113 Å². The van der Waals surface area contributed by atoms with Crippen molar-refractivity contribution in [3.63, 3.8) is 0 Å². The first kappa shape index (κ1) is 21.9. The van der Waals surface area contributed by atoms with Crippen LogP contribution in [0.15, 0.2) is 90.5 Å². The SMILES string of the molecule is Cc1ccc(NC(=O)/C(C#N)=C/c2ccccc2OCc2ccc3ccccc3c2)cc1C. The molecule has 0 saturated carbocycles. The third-order valence-electron chi connectivity index (χ3n) is 5.56. The third-order valence-corrected chi connectivity index (χ3v) is 5.56. The van der Waals surface area contributed by atoms with E-state index in [1.54, 1.807) is 6.08 Å². The molecule has 0 radical (unpaired) electrons. The molecule has 0 aliphatic heterocycles. The number of para-hydroxylation sites is 1. The molecular weight excluding hydrogens is 408 g/mol. The largest absolute Gasteiger partial charge is 0.488 e. The van der Waals surface area contributed by atoms with E-state index in [9.17, 15) is 10.1 Å². The molecule has 4 heteroatoms. The number of amides is 1. The van der Waals surface area contributed by atoms with Crippen molar-refractivity contribution in [2.24, 2.45) is 0 Å². The van der Waals surface area contributed by atoms with Gasteiger partial charge >= 0.3 is 0 Å². The van der Waals surface area contributed by atoms with E-state index in [4.69, 9.17) is 4.74 Å². The molecular formula is C29H24N2O2. The van der Waals surface area contributed by atoms with Crippen molar-refractivity contribution in [1.82, 2.24) is 0 Å². The maximum Gasteiger partial charge on any atom is 0.266 e. The molecule has 0 fully saturated rings. The number of rotatable bonds is 6. The van der Waals surface area contributed by atoms with Gasteiger partial charge in [0.15, 0.2) is 0 Å². The van der Waals surface area contributed by atoms with Crippen molar-refractivity contribution in [2.45, 2.75) is 20.5 Å². The topological polar surface area (TPSA) is 62.1 Å². The van der Waals surface area contributed by atoms with Gasteiger partial charge in [-0.05, 0) is 71.7 Å². The lowest BCUT2D eigenvalue weighted by atomic mass is 10.1. The second-order valence-electron chi connectivity index (χ2n) is 7.93. The van der Waals surface area contributed by atoms with Crippen LogP contribution in [0.5, 0.6) is 5.75 Å². The van der Waals surface area contributed by atoms with Crippen molar-refractivity contribution in [1.29, 1.82) is 5.26 Å². The number of hydrogen-bond acceptors (Lipinski definition) is 3. The first-order chi connectivity index (χ1) is 16.0. The van der Waals surface area contributed by atoms with E-state index in [0.29, 0.717) is 23.6 Å². The Morgan fingerprint density at radius 1 is 0.909 bits per heavy atom. The van der Waals surface area contributed by atoms with Crippen molar-refractivity contribution >= 4 is 28.4 Å². The molecule has 0 aromatic heterocycles. The van der Waals surface area contributed by atoms with Crippen LogP contribution >= 0.6 is 0 Å². The summed E-state index contributed by atoms with van der Waals surface area (Å²) < 4.78 is 6.06. The lowest BCUT2D eigenvalue weighted by Gasteiger charge is -2.11. The normalized spacial score (nSPS) is 11.1. The van der Waals surface area contributed by atoms with E-state index in [1.807, 2.05) is 80.6 Å². The van der Waals surface area contributed by atoms with E-state index in [2.05, 4.69) is 29.6 Å². The van der Waals surface area contributed by atoms with E-state index >= 15 is 0 Å². The smallest absolute Gasteiger partial charge is 0.266 e. The number of aryl methyl sites for hydroxylation is 2. The van der Waals surface area contributed by atoms with E-state index < -0.39 is 5.91 Å². The lowest BCUT2D eigenvalue weighted by molar-refractivity contribution is -0.112. The van der Waals surface area contributed by atoms with E-state index in [-0.39, 0.29) is 5.57 Å². The second kappa shape index (κ2) is 9.84. The highest BCUT2D eigenvalue weighted by Crippen LogP contribution is 2.24. The molecule has 4 rings (SSSR count). The van der Waals surface area contributed by atoms with Gasteiger partial charge in [-0.3, -0.25) is 4.79 Å². The summed E-state index contributed by atoms with van der Waals surface area (Å²) in [7, 11) is 0. The molecule has 4 nitrogen and oxygen atoms in total. The Kier molecular flexibility index (Phi) is 6.52. The van der Waals surface area contributed by atoms with Crippen molar-refractivity contribution in [2.75, 3.05) is 5.32 Å². The van der Waals surface area contributed by atoms with Gasteiger partial charge in [-0.15, -0.1) is 0 Å². The molecule has 0 heterocycles. The molecule has 0 spiro atoms. The Hall–Kier alpha value is -4.36. The molecule has 0 aliphatic carbocycles. The molecule has 33 heavy (non-hydrogen) atoms. The molecule has 0 aliphatic rings. The van der Waals surface area contributed by atoms with E-state index in [0.717, 1.165) is 22.1 Å². The number of carbonyl (C=O) groups excluding carboxylic acids is 1. The molecule has 162 valence electrons. The second-order valence-corrected chi connectivity index (χ2v) is 7.93. The van der Waals surface area contributed by atoms with Crippen LogP contribution in [-0.2, 0) is 11.4 Å². The summed E-state index contributed by atoms with van der Waals surface area (Å²) in [5.41, 5.74) is 4.59. The van der Waals surface area contributed by atoms with Gasteiger partial charge in [0, 0.05) is 11.3 Å². The fourth-order valence-corrected chi connectivity index (χ4v) is 3.54. The Labute approximate surface area is 193 Å². The summed E-state index contributed by atoms with van der Waals surface area (Å²) >= 11 is 0. The first-order valence-corrected chi connectivity index (χ1v) is 10.7. The predicted molar refractivity (Wildman–Crippen MR) is 133 cm³/mol. The predicted octanol–water partition coefficient (Wildman–Crippen LogP) is 6.58. The molecule has 0 atom stereocenters. The van der Waals surface area contributed by atoms with Crippen LogP contribution in [0.25, 0.3) is 16.8 Å². The molecule has 1 amide bonds. The van der Waals surface area contributed by atoms with Crippen LogP contribution in [0.1, 0.15) is 22.3 Å². The summed E-state index contributed by atoms with van der Waals surface area (Å²) in [5.74, 6) is 0.155. The fraction of sp³-hybridized carbons (Fsp3) is 0.103. The van der Waals surface area contributed by atoms with Crippen LogP contribution in [0, 0.1) is 25.2 Å². The van der Waals surface area contributed by atoms with Crippen LogP contribution < -0.4 is 10.1 Å². The summed E-state index contributed by atoms with van der Waals surface area (Å²) in [6.07, 6.45) is 1.56. The molecule has 4 aromatic rings. The van der Waals surface area contributed by atoms with Gasteiger partial charge < -0.3 is 10.1 Å². The average molecular weight is 433 g/mol. The zero-order chi connectivity index (χ0) is 23.2. The number of nitrogens with one attached hydrogen (secondary N) is 1. The fourth-order valence-electron chi connectivity index (χ4n) is 3.54. The molecule has 1 N–H and O–H groups in total. The van der Waals surface area contributed by atoms with Crippen molar-refractivity contribution < 1.29 is 9.53 Å². The molecule has 4 aromatic carbocycles. The maximum absolute atomic E-state index is 12.7. The Morgan fingerprint density at radius 3 is 2.45 bits per heavy atom. The molecule has 0 saturated heterocycles. The third kappa shape index (κ3) is 5.28. The monoisotopic (exact) mass is 432 g/mol. The number of anilines is 1. The Morgan fingerprint density at radius 2 is 1.67 bits per heavy atom. The van der Waals surface area contributed by atoms with Gasteiger partial charge in [-0.25, -0.2) is 0 Å². The minimum Gasteiger partial charge on any atom is -0.488 e. The highest BCUT2D eigenvalue weighted by Gasteiger charge is 2.12. The van der Waals surface area contributed by atoms with Gasteiger partial charge in [-0.1, -0.05) is 60.7 Å². The van der Waals surface area contributed by atoms with Crippen LogP contribution in [0.4, 0.5) is 5.69 Å². The summed E-state index contributed by atoms with van der Waals surface area (Å²) in [6, 6.07) is 29.5. The number of carbonyl (C=O) groups is 1. The summed E-state index contributed by atoms with van der Waals surface area (Å²) in [4.78, 5) is 12.7.